The fraction of sp³-hybridized carbons (Fsp3) is 0.0244. The fourth-order valence-electron chi connectivity index (χ4n) is 6.32. The van der Waals surface area contributed by atoms with Crippen LogP contribution in [0, 0.1) is 0 Å². The van der Waals surface area contributed by atoms with Gasteiger partial charge in [0, 0.05) is 59.4 Å². The van der Waals surface area contributed by atoms with Crippen molar-refractivity contribution in [3.05, 3.63) is 164 Å². The summed E-state index contributed by atoms with van der Waals surface area (Å²) >= 11 is 1.47. The molecule has 0 saturated heterocycles. The molecule has 8 aromatic rings. The van der Waals surface area contributed by atoms with Gasteiger partial charge in [0.1, 0.15) is 0 Å². The molecule has 252 valence electrons. The number of alkyl halides is 3. The van der Waals surface area contributed by atoms with Gasteiger partial charge in [0.15, 0.2) is 5.75 Å². The van der Waals surface area contributed by atoms with Crippen LogP contribution < -0.4 is 14.0 Å². The zero-order valence-electron chi connectivity index (χ0n) is 26.7. The van der Waals surface area contributed by atoms with E-state index in [4.69, 9.17) is 4.18 Å². The predicted molar refractivity (Wildman–Crippen MR) is 202 cm³/mol. The van der Waals surface area contributed by atoms with Crippen LogP contribution in [-0.2, 0) is 10.1 Å². The summed E-state index contributed by atoms with van der Waals surface area (Å²) in [5, 5.41) is 2.55. The van der Waals surface area contributed by atoms with Crippen molar-refractivity contribution in [3.63, 3.8) is 0 Å². The second-order valence-electron chi connectivity index (χ2n) is 11.8. The molecule has 0 fully saturated rings. The third kappa shape index (κ3) is 6.02. The van der Waals surface area contributed by atoms with E-state index >= 15 is 0 Å². The normalized spacial score (nSPS) is 12.0. The minimum absolute atomic E-state index is 0.228. The number of fused-ring (bicyclic) bond motifs is 4. The van der Waals surface area contributed by atoms with Crippen molar-refractivity contribution in [1.82, 2.24) is 0 Å². The first-order chi connectivity index (χ1) is 24.7. The first kappa shape index (κ1) is 32.4. The van der Waals surface area contributed by atoms with Crippen LogP contribution in [0.4, 0.5) is 47.3 Å². The van der Waals surface area contributed by atoms with Crippen LogP contribution in [0.1, 0.15) is 0 Å². The molecule has 0 unspecified atom stereocenters. The molecule has 1 heterocycles. The molecule has 0 bridgehead atoms. The zero-order valence-corrected chi connectivity index (χ0v) is 28.3. The number of halogens is 3. The molecule has 8 rings (SSSR count). The van der Waals surface area contributed by atoms with Crippen molar-refractivity contribution in [2.75, 3.05) is 9.80 Å². The summed E-state index contributed by atoms with van der Waals surface area (Å²) in [6.45, 7) is 0. The predicted octanol–water partition coefficient (Wildman–Crippen LogP) is 12.4. The van der Waals surface area contributed by atoms with Crippen LogP contribution >= 0.6 is 11.3 Å². The van der Waals surface area contributed by atoms with Gasteiger partial charge in [0.05, 0.1) is 5.69 Å². The smallest absolute Gasteiger partial charge is 0.375 e. The Bertz CT molecular complexity index is 2540. The zero-order chi connectivity index (χ0) is 35.2. The quantitative estimate of drug-likeness (QED) is 0.116. The SMILES string of the molecule is O=S(=O)(Oc1ccc(N(c2ccccc2)c2ccccc2)c2cc3c(cc12)sc1ccc(N(c2ccccc2)c2ccccc2)cc13)C(F)(F)F. The van der Waals surface area contributed by atoms with Gasteiger partial charge in [-0.05, 0) is 91.0 Å². The number of thiophene rings is 1. The maximum absolute atomic E-state index is 13.6. The Morgan fingerprint density at radius 3 is 1.47 bits per heavy atom. The molecule has 1 aromatic heterocycles. The summed E-state index contributed by atoms with van der Waals surface area (Å²) in [5.74, 6) is -0.411. The summed E-state index contributed by atoms with van der Waals surface area (Å²) in [6, 6.07) is 51.9. The number of benzene rings is 7. The van der Waals surface area contributed by atoms with Crippen LogP contribution in [0.2, 0.25) is 0 Å². The molecular formula is C41H27F3N2O3S2. The Kier molecular flexibility index (Phi) is 8.13. The van der Waals surface area contributed by atoms with E-state index in [2.05, 4.69) is 11.0 Å². The summed E-state index contributed by atoms with van der Waals surface area (Å²) < 4.78 is 71.9. The van der Waals surface area contributed by atoms with Crippen molar-refractivity contribution in [1.29, 1.82) is 0 Å². The van der Waals surface area contributed by atoms with Gasteiger partial charge in [-0.15, -0.1) is 11.3 Å². The lowest BCUT2D eigenvalue weighted by molar-refractivity contribution is -0.0499. The minimum Gasteiger partial charge on any atom is -0.375 e. The Labute approximate surface area is 296 Å². The molecular weight excluding hydrogens is 690 g/mol. The molecule has 0 saturated carbocycles. The lowest BCUT2D eigenvalue weighted by Crippen LogP contribution is -2.28. The van der Waals surface area contributed by atoms with E-state index in [9.17, 15) is 21.6 Å². The second-order valence-corrected chi connectivity index (χ2v) is 14.4. The van der Waals surface area contributed by atoms with E-state index in [0.717, 1.165) is 48.6 Å². The lowest BCUT2D eigenvalue weighted by Gasteiger charge is -2.27. The third-order valence-electron chi connectivity index (χ3n) is 8.57. The highest BCUT2D eigenvalue weighted by atomic mass is 32.2. The van der Waals surface area contributed by atoms with Crippen molar-refractivity contribution in [3.8, 4) is 5.75 Å². The van der Waals surface area contributed by atoms with Crippen LogP contribution in [0.25, 0.3) is 30.9 Å². The summed E-state index contributed by atoms with van der Waals surface area (Å²) in [5.41, 5.74) is -0.482. The molecule has 10 heteroatoms. The van der Waals surface area contributed by atoms with Gasteiger partial charge in [-0.2, -0.15) is 21.6 Å². The van der Waals surface area contributed by atoms with Crippen LogP contribution in [0.3, 0.4) is 0 Å². The molecule has 0 amide bonds. The number of rotatable bonds is 8. The number of para-hydroxylation sites is 4. The monoisotopic (exact) mass is 716 g/mol. The molecule has 7 aromatic carbocycles. The molecule has 0 radical (unpaired) electrons. The Hall–Kier alpha value is -5.84. The number of anilines is 6. The molecule has 0 spiro atoms. The van der Waals surface area contributed by atoms with Crippen LogP contribution in [0.5, 0.6) is 5.75 Å². The third-order valence-corrected chi connectivity index (χ3v) is 10.7. The largest absolute Gasteiger partial charge is 0.534 e. The number of hydrogen-bond acceptors (Lipinski definition) is 6. The molecule has 51 heavy (non-hydrogen) atoms. The van der Waals surface area contributed by atoms with Crippen LogP contribution in [-0.4, -0.2) is 13.9 Å². The van der Waals surface area contributed by atoms with E-state index in [0.29, 0.717) is 11.1 Å². The van der Waals surface area contributed by atoms with Gasteiger partial charge >= 0.3 is 15.6 Å². The van der Waals surface area contributed by atoms with Crippen molar-refractivity contribution in [2.24, 2.45) is 0 Å². The van der Waals surface area contributed by atoms with Crippen LogP contribution in [0.15, 0.2) is 164 Å². The maximum atomic E-state index is 13.6. The van der Waals surface area contributed by atoms with E-state index in [1.807, 2.05) is 144 Å². The van der Waals surface area contributed by atoms with Gasteiger partial charge in [-0.1, -0.05) is 72.8 Å². The van der Waals surface area contributed by atoms with E-state index in [1.165, 1.54) is 17.4 Å². The highest BCUT2D eigenvalue weighted by Crippen LogP contribution is 2.47. The standard InChI is InChI=1S/C41H27F3N2O3S2/c42-41(43,44)51(47,48)49-38-23-22-37(46(30-17-9-3-10-18-30)31-19-11-4-12-20-31)33-26-36-35-25-32(21-24-39(35)50-40(36)27-34(33)38)45(28-13-5-1-6-14-28)29-15-7-2-8-16-29/h1-27H. The number of hydrogen-bond donors (Lipinski definition) is 0. The second kappa shape index (κ2) is 12.8. The number of nitrogens with zero attached hydrogens (tertiary/aromatic N) is 2. The average Bonchev–Trinajstić information content (AvgIpc) is 3.50. The highest BCUT2D eigenvalue weighted by Gasteiger charge is 2.48. The summed E-state index contributed by atoms with van der Waals surface area (Å²) in [6.07, 6.45) is 0. The van der Waals surface area contributed by atoms with E-state index in [-0.39, 0.29) is 5.39 Å². The van der Waals surface area contributed by atoms with Crippen molar-refractivity contribution >= 4 is 86.5 Å². The minimum atomic E-state index is -5.94. The molecule has 0 N–H and O–H groups in total. The molecule has 0 aliphatic heterocycles. The summed E-state index contributed by atoms with van der Waals surface area (Å²) in [4.78, 5) is 4.15. The summed E-state index contributed by atoms with van der Waals surface area (Å²) in [7, 11) is -5.94. The van der Waals surface area contributed by atoms with Crippen molar-refractivity contribution in [2.45, 2.75) is 5.51 Å². The van der Waals surface area contributed by atoms with Gasteiger partial charge in [-0.25, -0.2) is 0 Å². The Morgan fingerprint density at radius 1 is 0.471 bits per heavy atom. The highest BCUT2D eigenvalue weighted by molar-refractivity contribution is 7.88. The van der Waals surface area contributed by atoms with E-state index < -0.39 is 21.4 Å². The van der Waals surface area contributed by atoms with Gasteiger partial charge < -0.3 is 14.0 Å². The van der Waals surface area contributed by atoms with E-state index in [1.54, 1.807) is 12.1 Å². The van der Waals surface area contributed by atoms with Gasteiger partial charge in [-0.3, -0.25) is 0 Å². The Balaban J connectivity index is 1.40. The first-order valence-corrected chi connectivity index (χ1v) is 18.1. The fourth-order valence-corrected chi connectivity index (χ4v) is 7.90. The van der Waals surface area contributed by atoms with Gasteiger partial charge in [0.25, 0.3) is 0 Å². The molecule has 0 atom stereocenters. The average molecular weight is 717 g/mol. The first-order valence-electron chi connectivity index (χ1n) is 15.9. The van der Waals surface area contributed by atoms with Gasteiger partial charge in [0.2, 0.25) is 0 Å². The topological polar surface area (TPSA) is 49.9 Å². The lowest BCUT2D eigenvalue weighted by atomic mass is 10.0. The Morgan fingerprint density at radius 2 is 0.961 bits per heavy atom. The molecule has 0 aliphatic carbocycles. The maximum Gasteiger partial charge on any atom is 0.534 e. The molecule has 5 nitrogen and oxygen atoms in total. The molecule has 0 aliphatic rings. The van der Waals surface area contributed by atoms with Crippen molar-refractivity contribution < 1.29 is 25.8 Å².